The monoisotopic (exact) mass is 1030 g/mol. The number of carbonyl (C=O) groups is 6. The Balaban J connectivity index is 2.04. The Morgan fingerprint density at radius 3 is 1.96 bits per heavy atom. The molecule has 0 bridgehead atoms. The number of likely N-dealkylation sites (N-methyl/N-ethyl adjacent to an activating group) is 2. The standard InChI is InChI=1S/C55H91N5O13/c1-14-27-70-29-31-72-33-34-73-32-30-71-28-25-56-47(62)23-24-48(63)58(10)50(38(5)6)45(61)35-43(37(3)4)55(67)59(11)51(39(7)15-2)46(68-12)36-49(64)60-26-19-22-44(60)53(69-13)40(8)54(66)57-41(9)52(65)42-20-17-16-18-21-42/h1,16-18,20-21,37-41,43-44,46,50-53,65H,15,19,22-36H2,2-13H3,(H,56,62)(H,57,66)/t39-,40+,41+,43-,44-,46+,50-,51-,52+,53+/m0/s1. The summed E-state index contributed by atoms with van der Waals surface area (Å²) in [4.78, 5) is 87.8. The maximum atomic E-state index is 14.7. The summed E-state index contributed by atoms with van der Waals surface area (Å²) in [6, 6.07) is 6.79. The molecule has 5 amide bonds. The Kier molecular flexibility index (Phi) is 30.9. The van der Waals surface area contributed by atoms with Crippen LogP contribution in [0.2, 0.25) is 0 Å². The number of ether oxygens (including phenoxy) is 6. The van der Waals surface area contributed by atoms with E-state index in [9.17, 15) is 33.9 Å². The van der Waals surface area contributed by atoms with Crippen LogP contribution in [-0.2, 0) is 57.2 Å². The number of rotatable bonds is 37. The topological polar surface area (TPSA) is 212 Å². The summed E-state index contributed by atoms with van der Waals surface area (Å²) in [5.74, 6) is -1.31. The van der Waals surface area contributed by atoms with Crippen molar-refractivity contribution in [3.8, 4) is 12.3 Å². The number of nitrogens with zero attached hydrogens (tertiary/aromatic N) is 3. The summed E-state index contributed by atoms with van der Waals surface area (Å²) >= 11 is 0. The minimum absolute atomic E-state index is 0.0322. The molecule has 0 aliphatic carbocycles. The lowest BCUT2D eigenvalue weighted by atomic mass is 9.83. The van der Waals surface area contributed by atoms with E-state index in [0.717, 1.165) is 6.42 Å². The molecule has 0 unspecified atom stereocenters. The second-order valence-corrected chi connectivity index (χ2v) is 19.9. The molecule has 1 saturated heterocycles. The summed E-state index contributed by atoms with van der Waals surface area (Å²) in [6.45, 7) is 18.6. The molecular formula is C55H91N5O13. The van der Waals surface area contributed by atoms with Gasteiger partial charge in [0.15, 0.2) is 5.78 Å². The van der Waals surface area contributed by atoms with Gasteiger partial charge in [-0.15, -0.1) is 6.42 Å². The highest BCUT2D eigenvalue weighted by Gasteiger charge is 2.44. The van der Waals surface area contributed by atoms with Gasteiger partial charge in [0, 0.05) is 66.6 Å². The number of terminal acetylenes is 1. The first-order chi connectivity index (χ1) is 34.8. The average Bonchev–Trinajstić information content (AvgIpc) is 3.86. The molecule has 73 heavy (non-hydrogen) atoms. The Hall–Kier alpha value is -4.48. The van der Waals surface area contributed by atoms with E-state index in [0.29, 0.717) is 64.6 Å². The Labute approximate surface area is 436 Å². The van der Waals surface area contributed by atoms with Crippen molar-refractivity contribution in [2.75, 3.05) is 94.3 Å². The van der Waals surface area contributed by atoms with Crippen molar-refractivity contribution in [1.82, 2.24) is 25.3 Å². The molecular weight excluding hydrogens is 939 g/mol. The normalized spacial score (nSPS) is 17.4. The minimum Gasteiger partial charge on any atom is -0.386 e. The molecule has 10 atom stereocenters. The third-order valence-corrected chi connectivity index (χ3v) is 14.0. The van der Waals surface area contributed by atoms with Crippen molar-refractivity contribution < 1.29 is 62.3 Å². The van der Waals surface area contributed by atoms with Crippen LogP contribution < -0.4 is 10.6 Å². The van der Waals surface area contributed by atoms with Crippen molar-refractivity contribution in [2.24, 2.45) is 29.6 Å². The fourth-order valence-corrected chi connectivity index (χ4v) is 9.62. The highest BCUT2D eigenvalue weighted by molar-refractivity contribution is 5.93. The van der Waals surface area contributed by atoms with Crippen LogP contribution in [0.25, 0.3) is 0 Å². The molecule has 1 fully saturated rings. The molecule has 2 rings (SSSR count). The van der Waals surface area contributed by atoms with Gasteiger partial charge in [-0.3, -0.25) is 28.8 Å². The molecule has 1 aliphatic rings. The largest absolute Gasteiger partial charge is 0.386 e. The quantitative estimate of drug-likeness (QED) is 0.0622. The number of carbonyl (C=O) groups excluding carboxylic acids is 6. The van der Waals surface area contributed by atoms with Crippen LogP contribution in [0.15, 0.2) is 30.3 Å². The lowest BCUT2D eigenvalue weighted by molar-refractivity contribution is -0.150. The lowest BCUT2D eigenvalue weighted by Gasteiger charge is -2.41. The summed E-state index contributed by atoms with van der Waals surface area (Å²) in [6.07, 6.45) is 4.59. The summed E-state index contributed by atoms with van der Waals surface area (Å²) in [5.41, 5.74) is 0.688. The SMILES string of the molecule is C#CCOCCOCCOCCOCCNC(=O)CCC(=O)N(C)[C@H](C(=O)C[C@H](C(=O)N(C)[C@@H]([C@@H](C)CC)[C@@H](CC(=O)N1CCC[C@H]1[C@H](OC)[C@@H](C)C(=O)N[C@H](C)[C@@H](O)c1ccccc1)OC)C(C)C)C(C)C. The van der Waals surface area contributed by atoms with E-state index < -0.39 is 54.3 Å². The van der Waals surface area contributed by atoms with Crippen molar-refractivity contribution in [1.29, 1.82) is 0 Å². The van der Waals surface area contributed by atoms with Crippen molar-refractivity contribution in [3.05, 3.63) is 35.9 Å². The molecule has 0 saturated carbocycles. The number of Topliss-reactive ketones (excluding diaryl/α,β-unsaturated/α-hetero) is 1. The zero-order valence-corrected chi connectivity index (χ0v) is 46.1. The van der Waals surface area contributed by atoms with Crippen LogP contribution in [0.4, 0.5) is 0 Å². The van der Waals surface area contributed by atoms with Crippen LogP contribution in [-0.4, -0.2) is 186 Å². The van der Waals surface area contributed by atoms with Crippen molar-refractivity contribution >= 4 is 35.3 Å². The second kappa shape index (κ2) is 34.9. The third-order valence-electron chi connectivity index (χ3n) is 14.0. The average molecular weight is 1030 g/mol. The zero-order valence-electron chi connectivity index (χ0n) is 46.1. The molecule has 0 spiro atoms. The molecule has 1 aromatic carbocycles. The number of hydrogen-bond acceptors (Lipinski definition) is 13. The molecule has 18 heteroatoms. The molecule has 0 aromatic heterocycles. The number of amides is 5. The van der Waals surface area contributed by atoms with E-state index in [2.05, 4.69) is 16.6 Å². The first-order valence-corrected chi connectivity index (χ1v) is 26.2. The van der Waals surface area contributed by atoms with Crippen LogP contribution in [0.5, 0.6) is 0 Å². The number of aliphatic hydroxyl groups is 1. The molecule has 3 N–H and O–H groups in total. The molecule has 18 nitrogen and oxygen atoms in total. The number of aliphatic hydroxyl groups excluding tert-OH is 1. The van der Waals surface area contributed by atoms with E-state index in [1.807, 2.05) is 59.7 Å². The predicted molar refractivity (Wildman–Crippen MR) is 279 cm³/mol. The van der Waals surface area contributed by atoms with Crippen LogP contribution in [0.1, 0.15) is 112 Å². The van der Waals surface area contributed by atoms with E-state index >= 15 is 0 Å². The van der Waals surface area contributed by atoms with E-state index in [1.165, 1.54) is 19.1 Å². The van der Waals surface area contributed by atoms with Gasteiger partial charge >= 0.3 is 0 Å². The molecule has 414 valence electrons. The van der Waals surface area contributed by atoms with Gasteiger partial charge in [0.2, 0.25) is 29.5 Å². The smallest absolute Gasteiger partial charge is 0.226 e. The second-order valence-electron chi connectivity index (χ2n) is 19.9. The first kappa shape index (κ1) is 64.6. The van der Waals surface area contributed by atoms with Crippen LogP contribution in [0, 0.1) is 41.9 Å². The Bertz CT molecular complexity index is 1850. The summed E-state index contributed by atoms with van der Waals surface area (Å²) in [7, 11) is 6.33. The molecule has 1 heterocycles. The number of benzene rings is 1. The van der Waals surface area contributed by atoms with Gasteiger partial charge in [0.25, 0.3) is 0 Å². The van der Waals surface area contributed by atoms with Gasteiger partial charge in [-0.25, -0.2) is 0 Å². The van der Waals surface area contributed by atoms with Gasteiger partial charge in [-0.1, -0.05) is 91.1 Å². The highest BCUT2D eigenvalue weighted by Crippen LogP contribution is 2.31. The number of nitrogens with one attached hydrogen (secondary N) is 2. The van der Waals surface area contributed by atoms with Gasteiger partial charge in [0.05, 0.1) is 101 Å². The van der Waals surface area contributed by atoms with Crippen LogP contribution in [0.3, 0.4) is 0 Å². The predicted octanol–water partition coefficient (Wildman–Crippen LogP) is 4.46. The molecule has 0 radical (unpaired) electrons. The Morgan fingerprint density at radius 2 is 1.41 bits per heavy atom. The maximum absolute atomic E-state index is 14.7. The van der Waals surface area contributed by atoms with Gasteiger partial charge < -0.3 is 58.9 Å². The zero-order chi connectivity index (χ0) is 54.6. The fraction of sp³-hybridized carbons (Fsp3) is 0.745. The van der Waals surface area contributed by atoms with Crippen LogP contribution >= 0.6 is 0 Å². The van der Waals surface area contributed by atoms with Crippen molar-refractivity contribution in [2.45, 2.75) is 143 Å². The van der Waals surface area contributed by atoms with E-state index in [4.69, 9.17) is 34.8 Å². The molecule has 1 aliphatic heterocycles. The van der Waals surface area contributed by atoms with Crippen molar-refractivity contribution in [3.63, 3.8) is 0 Å². The number of hydrogen-bond donors (Lipinski definition) is 3. The van der Waals surface area contributed by atoms with E-state index in [-0.39, 0.29) is 98.5 Å². The number of methoxy groups -OCH3 is 2. The van der Waals surface area contributed by atoms with Gasteiger partial charge in [0.1, 0.15) is 6.61 Å². The molecule has 1 aromatic rings. The fourth-order valence-electron chi connectivity index (χ4n) is 9.62. The summed E-state index contributed by atoms with van der Waals surface area (Å²) in [5, 5.41) is 16.6. The summed E-state index contributed by atoms with van der Waals surface area (Å²) < 4.78 is 33.5. The number of ketones is 1. The van der Waals surface area contributed by atoms with Gasteiger partial charge in [-0.05, 0) is 43.1 Å². The number of likely N-dealkylation sites (tertiary alicyclic amines) is 1. The maximum Gasteiger partial charge on any atom is 0.226 e. The van der Waals surface area contributed by atoms with Gasteiger partial charge in [-0.2, -0.15) is 0 Å². The highest BCUT2D eigenvalue weighted by atomic mass is 16.6. The third kappa shape index (κ3) is 21.3. The lowest BCUT2D eigenvalue weighted by Crippen LogP contribution is -2.55. The minimum atomic E-state index is -0.910. The Morgan fingerprint density at radius 1 is 0.808 bits per heavy atom. The first-order valence-electron chi connectivity index (χ1n) is 26.2. The van der Waals surface area contributed by atoms with E-state index in [1.54, 1.807) is 49.9 Å².